The SMILES string of the molecule is CCCNC(c1cnnn1C)C(C)C. The molecule has 4 nitrogen and oxygen atoms in total. The van der Waals surface area contributed by atoms with Gasteiger partial charge in [0.1, 0.15) is 0 Å². The highest BCUT2D eigenvalue weighted by molar-refractivity contribution is 5.02. The van der Waals surface area contributed by atoms with Gasteiger partial charge in [0.15, 0.2) is 0 Å². The van der Waals surface area contributed by atoms with Gasteiger partial charge in [0, 0.05) is 7.05 Å². The van der Waals surface area contributed by atoms with E-state index < -0.39 is 0 Å². The molecule has 1 aromatic heterocycles. The van der Waals surface area contributed by atoms with E-state index in [1.54, 1.807) is 0 Å². The second kappa shape index (κ2) is 5.10. The van der Waals surface area contributed by atoms with Crippen molar-refractivity contribution in [1.82, 2.24) is 20.3 Å². The minimum Gasteiger partial charge on any atom is -0.308 e. The lowest BCUT2D eigenvalue weighted by atomic mass is 10.0. The van der Waals surface area contributed by atoms with E-state index in [1.807, 2.05) is 17.9 Å². The third-order valence-electron chi connectivity index (χ3n) is 2.35. The second-order valence-electron chi connectivity index (χ2n) is 3.96. The Kier molecular flexibility index (Phi) is 4.07. The van der Waals surface area contributed by atoms with Crippen molar-refractivity contribution < 1.29 is 0 Å². The van der Waals surface area contributed by atoms with Crippen LogP contribution in [0.1, 0.15) is 38.9 Å². The Labute approximate surface area is 85.7 Å². The maximum absolute atomic E-state index is 3.95. The summed E-state index contributed by atoms with van der Waals surface area (Å²) < 4.78 is 1.84. The van der Waals surface area contributed by atoms with Crippen LogP contribution in [-0.2, 0) is 7.05 Å². The van der Waals surface area contributed by atoms with Crippen molar-refractivity contribution in [3.05, 3.63) is 11.9 Å². The van der Waals surface area contributed by atoms with Gasteiger partial charge in [-0.3, -0.25) is 4.68 Å². The molecule has 0 aliphatic carbocycles. The first kappa shape index (κ1) is 11.2. The van der Waals surface area contributed by atoms with Crippen LogP contribution in [0.3, 0.4) is 0 Å². The summed E-state index contributed by atoms with van der Waals surface area (Å²) in [6.45, 7) is 7.63. The molecule has 0 bridgehead atoms. The molecule has 1 unspecified atom stereocenters. The van der Waals surface area contributed by atoms with E-state index >= 15 is 0 Å². The highest BCUT2D eigenvalue weighted by atomic mass is 15.4. The van der Waals surface area contributed by atoms with Crippen LogP contribution in [-0.4, -0.2) is 21.5 Å². The summed E-state index contributed by atoms with van der Waals surface area (Å²) in [5.74, 6) is 0.554. The smallest absolute Gasteiger partial charge is 0.0755 e. The van der Waals surface area contributed by atoms with Gasteiger partial charge < -0.3 is 5.32 Å². The fourth-order valence-corrected chi connectivity index (χ4v) is 1.56. The van der Waals surface area contributed by atoms with Gasteiger partial charge >= 0.3 is 0 Å². The quantitative estimate of drug-likeness (QED) is 0.776. The second-order valence-corrected chi connectivity index (χ2v) is 3.96. The Bertz CT molecular complexity index is 267. The van der Waals surface area contributed by atoms with Crippen molar-refractivity contribution in [3.8, 4) is 0 Å². The van der Waals surface area contributed by atoms with Gasteiger partial charge in [-0.15, -0.1) is 5.10 Å². The van der Waals surface area contributed by atoms with E-state index in [-0.39, 0.29) is 0 Å². The standard InChI is InChI=1S/C10H20N4/c1-5-6-11-10(8(2)3)9-7-12-13-14(9)4/h7-8,10-11H,5-6H2,1-4H3. The zero-order valence-corrected chi connectivity index (χ0v) is 9.49. The van der Waals surface area contributed by atoms with E-state index in [9.17, 15) is 0 Å². The molecule has 0 radical (unpaired) electrons. The van der Waals surface area contributed by atoms with Crippen LogP contribution in [0.15, 0.2) is 6.20 Å². The molecule has 1 rings (SSSR count). The summed E-state index contributed by atoms with van der Waals surface area (Å²) in [7, 11) is 1.94. The molecule has 0 spiro atoms. The normalized spacial score (nSPS) is 13.5. The van der Waals surface area contributed by atoms with Gasteiger partial charge in [-0.25, -0.2) is 0 Å². The summed E-state index contributed by atoms with van der Waals surface area (Å²) in [6, 6.07) is 0.356. The number of nitrogens with zero attached hydrogens (tertiary/aromatic N) is 3. The van der Waals surface area contributed by atoms with Crippen molar-refractivity contribution in [1.29, 1.82) is 0 Å². The average Bonchev–Trinajstić information content (AvgIpc) is 2.52. The molecule has 0 aliphatic rings. The summed E-state index contributed by atoms with van der Waals surface area (Å²) >= 11 is 0. The summed E-state index contributed by atoms with van der Waals surface area (Å²) in [5.41, 5.74) is 1.16. The highest BCUT2D eigenvalue weighted by Crippen LogP contribution is 2.19. The number of aromatic nitrogens is 3. The molecule has 14 heavy (non-hydrogen) atoms. The molecular formula is C10H20N4. The fraction of sp³-hybridized carbons (Fsp3) is 0.800. The monoisotopic (exact) mass is 196 g/mol. The van der Waals surface area contributed by atoms with Gasteiger partial charge in [-0.1, -0.05) is 26.0 Å². The van der Waals surface area contributed by atoms with Crippen LogP contribution < -0.4 is 5.32 Å². The molecule has 0 amide bonds. The number of rotatable bonds is 5. The van der Waals surface area contributed by atoms with Crippen molar-refractivity contribution >= 4 is 0 Å². The van der Waals surface area contributed by atoms with Crippen LogP contribution in [0.5, 0.6) is 0 Å². The van der Waals surface area contributed by atoms with Crippen molar-refractivity contribution in [2.24, 2.45) is 13.0 Å². The third-order valence-corrected chi connectivity index (χ3v) is 2.35. The van der Waals surface area contributed by atoms with E-state index in [1.165, 1.54) is 0 Å². The molecule has 0 saturated carbocycles. The molecule has 1 heterocycles. The molecule has 0 saturated heterocycles. The molecule has 4 heteroatoms. The van der Waals surface area contributed by atoms with E-state index in [4.69, 9.17) is 0 Å². The molecule has 1 aromatic rings. The lowest BCUT2D eigenvalue weighted by Crippen LogP contribution is -2.28. The first-order valence-corrected chi connectivity index (χ1v) is 5.24. The van der Waals surface area contributed by atoms with Crippen molar-refractivity contribution in [2.75, 3.05) is 6.54 Å². The van der Waals surface area contributed by atoms with E-state index in [2.05, 4.69) is 36.4 Å². The van der Waals surface area contributed by atoms with Crippen LogP contribution in [0.2, 0.25) is 0 Å². The first-order chi connectivity index (χ1) is 6.66. The van der Waals surface area contributed by atoms with Gasteiger partial charge in [-0.05, 0) is 18.9 Å². The number of hydrogen-bond acceptors (Lipinski definition) is 3. The topological polar surface area (TPSA) is 42.7 Å². The molecule has 0 aromatic carbocycles. The molecule has 1 atom stereocenters. The molecule has 0 fully saturated rings. The Balaban J connectivity index is 2.73. The van der Waals surface area contributed by atoms with E-state index in [0.29, 0.717) is 12.0 Å². The summed E-state index contributed by atoms with van der Waals surface area (Å²) in [4.78, 5) is 0. The van der Waals surface area contributed by atoms with Crippen LogP contribution >= 0.6 is 0 Å². The van der Waals surface area contributed by atoms with Crippen molar-refractivity contribution in [2.45, 2.75) is 33.2 Å². The fourth-order valence-electron chi connectivity index (χ4n) is 1.56. The lowest BCUT2D eigenvalue weighted by molar-refractivity contribution is 0.390. The molecular weight excluding hydrogens is 176 g/mol. The van der Waals surface area contributed by atoms with Crippen LogP contribution in [0.4, 0.5) is 0 Å². The Morgan fingerprint density at radius 1 is 1.50 bits per heavy atom. The van der Waals surface area contributed by atoms with Gasteiger partial charge in [0.2, 0.25) is 0 Å². The zero-order valence-electron chi connectivity index (χ0n) is 9.49. The molecule has 80 valence electrons. The number of nitrogens with one attached hydrogen (secondary N) is 1. The molecule has 0 aliphatic heterocycles. The number of aryl methyl sites for hydroxylation is 1. The summed E-state index contributed by atoms with van der Waals surface area (Å²) in [5, 5.41) is 11.4. The zero-order chi connectivity index (χ0) is 10.6. The minimum absolute atomic E-state index is 0.356. The Morgan fingerprint density at radius 2 is 2.21 bits per heavy atom. The number of hydrogen-bond donors (Lipinski definition) is 1. The maximum Gasteiger partial charge on any atom is 0.0755 e. The van der Waals surface area contributed by atoms with Gasteiger partial charge in [0.05, 0.1) is 17.9 Å². The van der Waals surface area contributed by atoms with Gasteiger partial charge in [-0.2, -0.15) is 0 Å². The lowest BCUT2D eigenvalue weighted by Gasteiger charge is -2.21. The van der Waals surface area contributed by atoms with Crippen LogP contribution in [0, 0.1) is 5.92 Å². The molecule has 1 N–H and O–H groups in total. The first-order valence-electron chi connectivity index (χ1n) is 5.24. The van der Waals surface area contributed by atoms with Crippen LogP contribution in [0.25, 0.3) is 0 Å². The van der Waals surface area contributed by atoms with Crippen molar-refractivity contribution in [3.63, 3.8) is 0 Å². The summed E-state index contributed by atoms with van der Waals surface area (Å²) in [6.07, 6.45) is 2.99. The minimum atomic E-state index is 0.356. The highest BCUT2D eigenvalue weighted by Gasteiger charge is 2.18. The predicted octanol–water partition coefficient (Wildman–Crippen LogP) is 1.51. The van der Waals surface area contributed by atoms with Gasteiger partial charge in [0.25, 0.3) is 0 Å². The third kappa shape index (κ3) is 2.54. The Morgan fingerprint density at radius 3 is 2.64 bits per heavy atom. The Hall–Kier alpha value is -0.900. The largest absolute Gasteiger partial charge is 0.308 e. The van der Waals surface area contributed by atoms with E-state index in [0.717, 1.165) is 18.7 Å². The maximum atomic E-state index is 3.95. The average molecular weight is 196 g/mol. The predicted molar refractivity (Wildman–Crippen MR) is 56.9 cm³/mol.